The van der Waals surface area contributed by atoms with Crippen molar-refractivity contribution in [2.24, 2.45) is 0 Å². The summed E-state index contributed by atoms with van der Waals surface area (Å²) in [5.41, 5.74) is 2.07. The molecule has 1 aliphatic heterocycles. The summed E-state index contributed by atoms with van der Waals surface area (Å²) in [7, 11) is 0. The van der Waals surface area contributed by atoms with Crippen LogP contribution in [-0.4, -0.2) is 28.1 Å². The van der Waals surface area contributed by atoms with Crippen LogP contribution in [0.1, 0.15) is 12.7 Å². The van der Waals surface area contributed by atoms with Gasteiger partial charge in [0.1, 0.15) is 12.4 Å². The molecule has 20 heavy (non-hydrogen) atoms. The number of amides is 1. The lowest BCUT2D eigenvalue weighted by atomic mass is 10.2. The highest BCUT2D eigenvalue weighted by Gasteiger charge is 2.21. The molecule has 5 heteroatoms. The van der Waals surface area contributed by atoms with Gasteiger partial charge in [0.05, 0.1) is 18.3 Å². The molecule has 1 aliphatic rings. The zero-order chi connectivity index (χ0) is 13.9. The maximum Gasteiger partial charge on any atom is 0.216 e. The van der Waals surface area contributed by atoms with Crippen LogP contribution in [0, 0.1) is 0 Å². The van der Waals surface area contributed by atoms with E-state index >= 15 is 0 Å². The molecule has 2 aromatic rings. The predicted octanol–water partition coefficient (Wildman–Crippen LogP) is 1.58. The van der Waals surface area contributed by atoms with Gasteiger partial charge in [-0.1, -0.05) is 30.3 Å². The lowest BCUT2D eigenvalue weighted by Gasteiger charge is -2.24. The van der Waals surface area contributed by atoms with Gasteiger partial charge in [0.15, 0.2) is 0 Å². The van der Waals surface area contributed by atoms with Crippen molar-refractivity contribution in [3.8, 4) is 11.3 Å². The number of aromatic nitrogens is 2. The summed E-state index contributed by atoms with van der Waals surface area (Å²) in [6.45, 7) is 3.25. The number of nitrogens with zero attached hydrogens (tertiary/aromatic N) is 2. The zero-order valence-corrected chi connectivity index (χ0v) is 11.4. The molecule has 1 atom stereocenters. The van der Waals surface area contributed by atoms with Crippen molar-refractivity contribution >= 4 is 5.91 Å². The first-order valence-electron chi connectivity index (χ1n) is 6.70. The van der Waals surface area contributed by atoms with Crippen molar-refractivity contribution in [3.63, 3.8) is 0 Å². The Balaban J connectivity index is 1.74. The van der Waals surface area contributed by atoms with Gasteiger partial charge in [0.25, 0.3) is 0 Å². The molecule has 1 amide bonds. The summed E-state index contributed by atoms with van der Waals surface area (Å²) < 4.78 is 7.82. The molecule has 0 saturated heterocycles. The molecule has 0 bridgehead atoms. The fourth-order valence-corrected chi connectivity index (χ4v) is 2.32. The molecular formula is C15H17N3O2. The van der Waals surface area contributed by atoms with Crippen molar-refractivity contribution in [1.29, 1.82) is 0 Å². The molecule has 1 aromatic carbocycles. The van der Waals surface area contributed by atoms with E-state index < -0.39 is 0 Å². The highest BCUT2D eigenvalue weighted by Crippen LogP contribution is 2.21. The van der Waals surface area contributed by atoms with Gasteiger partial charge >= 0.3 is 0 Å². The summed E-state index contributed by atoms with van der Waals surface area (Å²) in [5.74, 6) is 0.901. The quantitative estimate of drug-likeness (QED) is 0.922. The monoisotopic (exact) mass is 271 g/mol. The minimum absolute atomic E-state index is 0.00391. The van der Waals surface area contributed by atoms with E-state index in [0.29, 0.717) is 13.2 Å². The molecule has 3 rings (SSSR count). The minimum atomic E-state index is -0.0324. The van der Waals surface area contributed by atoms with Gasteiger partial charge in [-0.15, -0.1) is 0 Å². The van der Waals surface area contributed by atoms with E-state index in [9.17, 15) is 4.79 Å². The van der Waals surface area contributed by atoms with Crippen LogP contribution in [-0.2, 0) is 22.7 Å². The lowest BCUT2D eigenvalue weighted by Crippen LogP contribution is -2.37. The van der Waals surface area contributed by atoms with E-state index in [4.69, 9.17) is 4.74 Å². The summed E-state index contributed by atoms with van der Waals surface area (Å²) in [6, 6.07) is 10.1. The second kappa shape index (κ2) is 5.46. The molecule has 1 N–H and O–H groups in total. The van der Waals surface area contributed by atoms with Crippen LogP contribution in [0.5, 0.6) is 0 Å². The Morgan fingerprint density at radius 3 is 3.00 bits per heavy atom. The normalized spacial score (nSPS) is 17.6. The van der Waals surface area contributed by atoms with Gasteiger partial charge in [-0.05, 0) is 0 Å². The topological polar surface area (TPSA) is 56.2 Å². The van der Waals surface area contributed by atoms with Crippen molar-refractivity contribution in [3.05, 3.63) is 42.4 Å². The first kappa shape index (κ1) is 12.9. The van der Waals surface area contributed by atoms with Crippen molar-refractivity contribution in [2.75, 3.05) is 6.54 Å². The number of imidazole rings is 1. The Morgan fingerprint density at radius 2 is 2.25 bits per heavy atom. The third-order valence-corrected chi connectivity index (χ3v) is 3.36. The van der Waals surface area contributed by atoms with Gasteiger partial charge < -0.3 is 14.6 Å². The summed E-state index contributed by atoms with van der Waals surface area (Å²) in [4.78, 5) is 15.5. The maximum atomic E-state index is 10.9. The van der Waals surface area contributed by atoms with E-state index in [-0.39, 0.29) is 12.0 Å². The number of benzene rings is 1. The Kier molecular flexibility index (Phi) is 3.52. The molecule has 0 aliphatic carbocycles. The molecule has 1 aromatic heterocycles. The van der Waals surface area contributed by atoms with Crippen molar-refractivity contribution < 1.29 is 9.53 Å². The van der Waals surface area contributed by atoms with Crippen LogP contribution in [0.15, 0.2) is 36.5 Å². The number of carbonyl (C=O) groups excluding carboxylic acids is 1. The first-order chi connectivity index (χ1) is 9.72. The zero-order valence-electron chi connectivity index (χ0n) is 11.4. The fraction of sp³-hybridized carbons (Fsp3) is 0.333. The van der Waals surface area contributed by atoms with Crippen LogP contribution < -0.4 is 5.32 Å². The number of carbonyl (C=O) groups is 1. The summed E-state index contributed by atoms with van der Waals surface area (Å²) >= 11 is 0. The second-order valence-electron chi connectivity index (χ2n) is 4.93. The third kappa shape index (κ3) is 2.72. The number of fused-ring (bicyclic) bond motifs is 1. The Labute approximate surface area is 117 Å². The molecule has 0 radical (unpaired) electrons. The molecule has 0 fully saturated rings. The van der Waals surface area contributed by atoms with Crippen LogP contribution in [0.25, 0.3) is 11.3 Å². The van der Waals surface area contributed by atoms with E-state index in [1.807, 2.05) is 36.5 Å². The van der Waals surface area contributed by atoms with E-state index in [0.717, 1.165) is 23.6 Å². The number of ether oxygens (including phenoxy) is 1. The highest BCUT2D eigenvalue weighted by atomic mass is 16.5. The number of hydrogen-bond acceptors (Lipinski definition) is 3. The molecule has 0 spiro atoms. The van der Waals surface area contributed by atoms with Gasteiger partial charge in [-0.3, -0.25) is 4.79 Å². The summed E-state index contributed by atoms with van der Waals surface area (Å²) in [5, 5.41) is 2.79. The smallest absolute Gasteiger partial charge is 0.216 e. The second-order valence-corrected chi connectivity index (χ2v) is 4.93. The Morgan fingerprint density at radius 1 is 1.45 bits per heavy atom. The standard InChI is InChI=1S/C15H17N3O2/c1-11(19)16-7-13-8-18-9-14(17-15(18)10-20-13)12-5-3-2-4-6-12/h2-6,9,13H,7-8,10H2,1H3,(H,16,19)/t13-/m0/s1. The number of hydrogen-bond donors (Lipinski definition) is 1. The van der Waals surface area contributed by atoms with Crippen molar-refractivity contribution in [2.45, 2.75) is 26.2 Å². The largest absolute Gasteiger partial charge is 0.367 e. The Hall–Kier alpha value is -2.14. The van der Waals surface area contributed by atoms with E-state index in [1.54, 1.807) is 0 Å². The third-order valence-electron chi connectivity index (χ3n) is 3.36. The molecule has 5 nitrogen and oxygen atoms in total. The summed E-state index contributed by atoms with van der Waals surface area (Å²) in [6.07, 6.45) is 2.05. The van der Waals surface area contributed by atoms with E-state index in [2.05, 4.69) is 14.9 Å². The van der Waals surface area contributed by atoms with Crippen LogP contribution >= 0.6 is 0 Å². The van der Waals surface area contributed by atoms with Crippen molar-refractivity contribution in [1.82, 2.24) is 14.9 Å². The van der Waals surface area contributed by atoms with Crippen LogP contribution in [0.4, 0.5) is 0 Å². The molecule has 0 unspecified atom stereocenters. The van der Waals surface area contributed by atoms with Gasteiger partial charge in [-0.2, -0.15) is 0 Å². The maximum absolute atomic E-state index is 10.9. The molecule has 2 heterocycles. The van der Waals surface area contributed by atoms with Crippen LogP contribution in [0.3, 0.4) is 0 Å². The SMILES string of the molecule is CC(=O)NC[C@H]1Cn2cc(-c3ccccc3)nc2CO1. The molecule has 104 valence electrons. The highest BCUT2D eigenvalue weighted by molar-refractivity contribution is 5.72. The Bertz CT molecular complexity index is 607. The first-order valence-corrected chi connectivity index (χ1v) is 6.70. The van der Waals surface area contributed by atoms with Gasteiger partial charge in [0, 0.05) is 25.2 Å². The molecule has 0 saturated carbocycles. The number of nitrogens with one attached hydrogen (secondary N) is 1. The van der Waals surface area contributed by atoms with Gasteiger partial charge in [-0.25, -0.2) is 4.98 Å². The van der Waals surface area contributed by atoms with Gasteiger partial charge in [0.2, 0.25) is 5.91 Å². The van der Waals surface area contributed by atoms with Crippen LogP contribution in [0.2, 0.25) is 0 Å². The number of rotatable bonds is 3. The van der Waals surface area contributed by atoms with E-state index in [1.165, 1.54) is 6.92 Å². The molecular weight excluding hydrogens is 254 g/mol. The predicted molar refractivity (Wildman–Crippen MR) is 74.9 cm³/mol. The lowest BCUT2D eigenvalue weighted by molar-refractivity contribution is -0.120. The average Bonchev–Trinajstić information content (AvgIpc) is 2.89. The minimum Gasteiger partial charge on any atom is -0.367 e. The fourth-order valence-electron chi connectivity index (χ4n) is 2.32. The average molecular weight is 271 g/mol.